The number of nitrogens with one attached hydrogen (secondary N) is 1. The van der Waals surface area contributed by atoms with Crippen LogP contribution in [-0.2, 0) is 6.54 Å². The highest BCUT2D eigenvalue weighted by atomic mass is 19.1. The first kappa shape index (κ1) is 22.6. The maximum absolute atomic E-state index is 13.0. The zero-order valence-corrected chi connectivity index (χ0v) is 19.3. The Morgan fingerprint density at radius 3 is 2.41 bits per heavy atom. The molecule has 1 saturated carbocycles. The topological polar surface area (TPSA) is 59.4 Å². The van der Waals surface area contributed by atoms with Gasteiger partial charge in [0.2, 0.25) is 0 Å². The summed E-state index contributed by atoms with van der Waals surface area (Å²) >= 11 is 0. The second-order valence-corrected chi connectivity index (χ2v) is 9.27. The van der Waals surface area contributed by atoms with E-state index in [-0.39, 0.29) is 17.8 Å². The number of rotatable bonds is 7. The van der Waals surface area contributed by atoms with Gasteiger partial charge in [-0.2, -0.15) is 5.10 Å². The molecule has 1 saturated heterocycles. The lowest BCUT2D eigenvalue weighted by atomic mass is 10.0. The third-order valence-electron chi connectivity index (χ3n) is 6.93. The molecule has 0 unspecified atom stereocenters. The molecule has 1 aliphatic heterocycles. The first-order chi connectivity index (χ1) is 16.6. The first-order valence-corrected chi connectivity index (χ1v) is 12.2. The van der Waals surface area contributed by atoms with Gasteiger partial charge in [0.15, 0.2) is 0 Å². The number of piperidine rings is 1. The molecule has 178 valence electrons. The molecule has 34 heavy (non-hydrogen) atoms. The van der Waals surface area contributed by atoms with Crippen LogP contribution in [0, 0.1) is 5.82 Å². The summed E-state index contributed by atoms with van der Waals surface area (Å²) in [5, 5.41) is 7.16. The minimum absolute atomic E-state index is 0.223. The third-order valence-corrected chi connectivity index (χ3v) is 6.93. The number of hydrogen-bond donors (Lipinski definition) is 1. The molecule has 0 atom stereocenters. The van der Waals surface area contributed by atoms with E-state index in [1.165, 1.54) is 37.8 Å². The first-order valence-electron chi connectivity index (χ1n) is 12.2. The van der Waals surface area contributed by atoms with Gasteiger partial charge in [-0.1, -0.05) is 25.0 Å². The number of carbonyl (C=O) groups excluding carboxylic acids is 1. The number of likely N-dealkylation sites (tertiary alicyclic amines) is 1. The van der Waals surface area contributed by atoms with Gasteiger partial charge in [0.25, 0.3) is 5.91 Å². The Morgan fingerprint density at radius 2 is 1.71 bits per heavy atom. The molecule has 7 heteroatoms. The van der Waals surface area contributed by atoms with Crippen molar-refractivity contribution in [3.63, 3.8) is 0 Å². The van der Waals surface area contributed by atoms with Gasteiger partial charge in [0, 0.05) is 31.9 Å². The van der Waals surface area contributed by atoms with Crippen molar-refractivity contribution in [2.24, 2.45) is 0 Å². The molecule has 2 heterocycles. The van der Waals surface area contributed by atoms with E-state index in [9.17, 15) is 9.18 Å². The molecule has 1 N–H and O–H groups in total. The van der Waals surface area contributed by atoms with Crippen molar-refractivity contribution in [1.29, 1.82) is 0 Å². The molecule has 6 nitrogen and oxygen atoms in total. The fraction of sp³-hybridized carbons (Fsp3) is 0.407. The van der Waals surface area contributed by atoms with Crippen LogP contribution in [0.1, 0.15) is 54.4 Å². The minimum Gasteiger partial charge on any atom is -0.490 e. The van der Waals surface area contributed by atoms with Crippen LogP contribution >= 0.6 is 0 Å². The van der Waals surface area contributed by atoms with Crippen LogP contribution in [0.2, 0.25) is 0 Å². The molecule has 1 aromatic heterocycles. The van der Waals surface area contributed by atoms with E-state index >= 15 is 0 Å². The van der Waals surface area contributed by atoms with Gasteiger partial charge in [-0.3, -0.25) is 4.79 Å². The quantitative estimate of drug-likeness (QED) is 0.552. The van der Waals surface area contributed by atoms with E-state index in [0.717, 1.165) is 49.0 Å². The van der Waals surface area contributed by atoms with Gasteiger partial charge in [-0.15, -0.1) is 0 Å². The van der Waals surface area contributed by atoms with E-state index < -0.39 is 0 Å². The van der Waals surface area contributed by atoms with Crippen LogP contribution in [0.5, 0.6) is 5.75 Å². The van der Waals surface area contributed by atoms with Crippen molar-refractivity contribution < 1.29 is 13.9 Å². The van der Waals surface area contributed by atoms with Crippen molar-refractivity contribution in [2.45, 2.75) is 57.2 Å². The number of benzene rings is 2. The predicted molar refractivity (Wildman–Crippen MR) is 129 cm³/mol. The lowest BCUT2D eigenvalue weighted by molar-refractivity contribution is 0.0768. The van der Waals surface area contributed by atoms with E-state index in [1.54, 1.807) is 29.2 Å². The normalized spacial score (nSPS) is 17.7. The van der Waals surface area contributed by atoms with Crippen molar-refractivity contribution >= 4 is 5.91 Å². The maximum atomic E-state index is 13.0. The number of hydrogen-bond acceptors (Lipinski definition) is 4. The molecule has 3 aromatic rings. The van der Waals surface area contributed by atoms with E-state index in [4.69, 9.17) is 4.74 Å². The predicted octanol–water partition coefficient (Wildman–Crippen LogP) is 4.73. The van der Waals surface area contributed by atoms with E-state index in [0.29, 0.717) is 12.1 Å². The Hall–Kier alpha value is -3.19. The Kier molecular flexibility index (Phi) is 6.90. The Morgan fingerprint density at radius 1 is 1.00 bits per heavy atom. The zero-order chi connectivity index (χ0) is 23.3. The summed E-state index contributed by atoms with van der Waals surface area (Å²) in [6.07, 6.45) is 11.1. The van der Waals surface area contributed by atoms with Crippen LogP contribution < -0.4 is 10.1 Å². The Balaban J connectivity index is 1.12. The highest BCUT2D eigenvalue weighted by Gasteiger charge is 2.27. The van der Waals surface area contributed by atoms with Gasteiger partial charge in [0.05, 0.1) is 17.4 Å². The molecule has 2 fully saturated rings. The molecule has 0 bridgehead atoms. The van der Waals surface area contributed by atoms with Crippen molar-refractivity contribution in [3.05, 3.63) is 77.9 Å². The summed E-state index contributed by atoms with van der Waals surface area (Å²) in [7, 11) is 0. The molecular formula is C27H31FN4O2. The van der Waals surface area contributed by atoms with Gasteiger partial charge < -0.3 is 15.0 Å². The summed E-state index contributed by atoms with van der Waals surface area (Å²) in [5.74, 6) is 0.351. The zero-order valence-electron chi connectivity index (χ0n) is 19.3. The maximum Gasteiger partial charge on any atom is 0.254 e. The molecule has 0 radical (unpaired) electrons. The second kappa shape index (κ2) is 10.4. The molecule has 2 aromatic carbocycles. The SMILES string of the molecule is O=C(NCc1ccc(F)cc1)c1cnn(-c2ccc(OC3CCN(C4CCCC4)CC3)cc2)c1. The number of nitrogens with zero attached hydrogens (tertiary/aromatic N) is 3. The average molecular weight is 463 g/mol. The Bertz CT molecular complexity index is 1080. The van der Waals surface area contributed by atoms with Gasteiger partial charge in [0.1, 0.15) is 17.7 Å². The van der Waals surface area contributed by atoms with Crippen LogP contribution in [0.4, 0.5) is 4.39 Å². The Labute approximate surface area is 199 Å². The number of ether oxygens (including phenoxy) is 1. The summed E-state index contributed by atoms with van der Waals surface area (Å²) in [6, 6.07) is 14.7. The fourth-order valence-electron chi connectivity index (χ4n) is 4.97. The summed E-state index contributed by atoms with van der Waals surface area (Å²) < 4.78 is 20.9. The van der Waals surface area contributed by atoms with Crippen LogP contribution in [0.25, 0.3) is 5.69 Å². The van der Waals surface area contributed by atoms with Gasteiger partial charge in [-0.25, -0.2) is 9.07 Å². The van der Waals surface area contributed by atoms with Gasteiger partial charge >= 0.3 is 0 Å². The molecule has 1 amide bonds. The molecule has 0 spiro atoms. The van der Waals surface area contributed by atoms with Crippen LogP contribution in [0.3, 0.4) is 0 Å². The number of halogens is 1. The average Bonchev–Trinajstić information content (AvgIpc) is 3.58. The summed E-state index contributed by atoms with van der Waals surface area (Å²) in [5.41, 5.74) is 2.17. The number of amides is 1. The van der Waals surface area contributed by atoms with Crippen molar-refractivity contribution in [2.75, 3.05) is 13.1 Å². The monoisotopic (exact) mass is 462 g/mol. The standard InChI is InChI=1S/C27H31FN4O2/c28-22-7-5-20(6-8-22)17-29-27(33)21-18-30-32(19-21)24-9-11-25(12-10-24)34-26-13-15-31(16-14-26)23-3-1-2-4-23/h5-12,18-19,23,26H,1-4,13-17H2,(H,29,33). The number of carbonyl (C=O) groups is 1. The fourth-order valence-corrected chi connectivity index (χ4v) is 4.97. The molecular weight excluding hydrogens is 431 g/mol. The van der Waals surface area contributed by atoms with Crippen LogP contribution in [-0.4, -0.2) is 45.8 Å². The highest BCUT2D eigenvalue weighted by Crippen LogP contribution is 2.27. The molecule has 5 rings (SSSR count). The van der Waals surface area contributed by atoms with E-state index in [1.807, 2.05) is 24.3 Å². The lowest BCUT2D eigenvalue weighted by Crippen LogP contribution is -2.43. The second-order valence-electron chi connectivity index (χ2n) is 9.27. The molecule has 1 aliphatic carbocycles. The third kappa shape index (κ3) is 5.47. The summed E-state index contributed by atoms with van der Waals surface area (Å²) in [6.45, 7) is 2.59. The van der Waals surface area contributed by atoms with Crippen LogP contribution in [0.15, 0.2) is 60.9 Å². The number of aromatic nitrogens is 2. The smallest absolute Gasteiger partial charge is 0.254 e. The summed E-state index contributed by atoms with van der Waals surface area (Å²) in [4.78, 5) is 15.1. The van der Waals surface area contributed by atoms with Gasteiger partial charge in [-0.05, 0) is 67.6 Å². The van der Waals surface area contributed by atoms with Crippen molar-refractivity contribution in [1.82, 2.24) is 20.0 Å². The molecule has 2 aliphatic rings. The lowest BCUT2D eigenvalue weighted by Gasteiger charge is -2.36. The van der Waals surface area contributed by atoms with Crippen molar-refractivity contribution in [3.8, 4) is 11.4 Å². The van der Waals surface area contributed by atoms with E-state index in [2.05, 4.69) is 15.3 Å². The minimum atomic E-state index is -0.294. The largest absolute Gasteiger partial charge is 0.490 e. The highest BCUT2D eigenvalue weighted by molar-refractivity contribution is 5.93.